The average molecular weight is 377 g/mol. The van der Waals surface area contributed by atoms with Gasteiger partial charge in [0.05, 0.1) is 13.2 Å². The van der Waals surface area contributed by atoms with Crippen molar-refractivity contribution in [3.05, 3.63) is 40.9 Å². The highest BCUT2D eigenvalue weighted by Gasteiger charge is 2.17. The lowest BCUT2D eigenvalue weighted by molar-refractivity contribution is 0.0940. The first-order chi connectivity index (χ1) is 12.1. The van der Waals surface area contributed by atoms with E-state index in [9.17, 15) is 4.79 Å². The second-order valence-corrected chi connectivity index (χ2v) is 6.76. The first kappa shape index (κ1) is 17.6. The molecule has 2 aromatic rings. The zero-order chi connectivity index (χ0) is 17.6. The summed E-state index contributed by atoms with van der Waals surface area (Å²) in [6, 6.07) is 7.79. The maximum atomic E-state index is 12.2. The Morgan fingerprint density at radius 3 is 2.88 bits per heavy atom. The number of thiazole rings is 1. The predicted molar refractivity (Wildman–Crippen MR) is 103 cm³/mol. The fourth-order valence-electron chi connectivity index (χ4n) is 2.33. The van der Waals surface area contributed by atoms with Gasteiger partial charge in [0.2, 0.25) is 0 Å². The third-order valence-corrected chi connectivity index (χ3v) is 4.68. The van der Waals surface area contributed by atoms with Crippen LogP contribution < -0.4 is 21.1 Å². The number of hydrazine groups is 1. The lowest BCUT2D eigenvalue weighted by atomic mass is 10.2. The summed E-state index contributed by atoms with van der Waals surface area (Å²) in [6.45, 7) is 4.94. The highest BCUT2D eigenvalue weighted by atomic mass is 32.1. The molecule has 0 atom stereocenters. The van der Waals surface area contributed by atoms with Crippen LogP contribution >= 0.6 is 23.6 Å². The Labute approximate surface area is 155 Å². The standard InChI is InChI=1S/C16H19N5O2S2/c1-11-3-2-4-12(9-11)17-15(24)20-19-14(22)13-10-25-16(18-13)21-5-7-23-8-6-21/h2-4,9-10H,5-8H2,1H3,(H,19,22)(H2,17,20,24). The Morgan fingerprint density at radius 1 is 1.32 bits per heavy atom. The van der Waals surface area contributed by atoms with Crippen LogP contribution in [0.4, 0.5) is 10.8 Å². The van der Waals surface area contributed by atoms with E-state index in [0.717, 1.165) is 29.5 Å². The van der Waals surface area contributed by atoms with Crippen molar-refractivity contribution >= 4 is 45.4 Å². The second kappa shape index (κ2) is 8.24. The molecule has 0 unspecified atom stereocenters. The van der Waals surface area contributed by atoms with E-state index in [2.05, 4.69) is 26.1 Å². The van der Waals surface area contributed by atoms with E-state index in [1.54, 1.807) is 5.38 Å². The van der Waals surface area contributed by atoms with Crippen LogP contribution in [-0.4, -0.2) is 42.3 Å². The molecule has 1 saturated heterocycles. The van der Waals surface area contributed by atoms with Gasteiger partial charge in [-0.1, -0.05) is 12.1 Å². The summed E-state index contributed by atoms with van der Waals surface area (Å²) in [5.74, 6) is -0.329. The third kappa shape index (κ3) is 4.88. The van der Waals surface area contributed by atoms with Gasteiger partial charge < -0.3 is 15.0 Å². The number of nitrogens with one attached hydrogen (secondary N) is 3. The molecule has 7 nitrogen and oxygen atoms in total. The van der Waals surface area contributed by atoms with Crippen molar-refractivity contribution < 1.29 is 9.53 Å². The minimum absolute atomic E-state index is 0.308. The number of rotatable bonds is 3. The average Bonchev–Trinajstić information content (AvgIpc) is 3.11. The van der Waals surface area contributed by atoms with Crippen molar-refractivity contribution in [1.29, 1.82) is 0 Å². The summed E-state index contributed by atoms with van der Waals surface area (Å²) in [5, 5.41) is 5.88. The van der Waals surface area contributed by atoms with Gasteiger partial charge in [-0.2, -0.15) is 0 Å². The smallest absolute Gasteiger partial charge is 0.289 e. The van der Waals surface area contributed by atoms with Gasteiger partial charge in [0.25, 0.3) is 5.91 Å². The molecule has 1 amide bonds. The van der Waals surface area contributed by atoms with E-state index in [1.807, 2.05) is 31.2 Å². The first-order valence-corrected chi connectivity index (χ1v) is 9.13. The number of thiocarbonyl (C=S) groups is 1. The maximum absolute atomic E-state index is 12.2. The maximum Gasteiger partial charge on any atom is 0.289 e. The molecule has 1 aromatic heterocycles. The van der Waals surface area contributed by atoms with E-state index >= 15 is 0 Å². The molecular weight excluding hydrogens is 358 g/mol. The van der Waals surface area contributed by atoms with Crippen molar-refractivity contribution in [2.75, 3.05) is 36.5 Å². The molecule has 0 radical (unpaired) electrons. The van der Waals surface area contributed by atoms with Crippen LogP contribution in [0.2, 0.25) is 0 Å². The number of aromatic nitrogens is 1. The van der Waals surface area contributed by atoms with Crippen LogP contribution in [0.15, 0.2) is 29.6 Å². The predicted octanol–water partition coefficient (Wildman–Crippen LogP) is 1.92. The van der Waals surface area contributed by atoms with Gasteiger partial charge >= 0.3 is 0 Å². The van der Waals surface area contributed by atoms with Gasteiger partial charge in [0.15, 0.2) is 10.2 Å². The quantitative estimate of drug-likeness (QED) is 0.557. The Balaban J connectivity index is 1.50. The monoisotopic (exact) mass is 377 g/mol. The Hall–Kier alpha value is -2.23. The summed E-state index contributed by atoms with van der Waals surface area (Å²) in [7, 11) is 0. The van der Waals surface area contributed by atoms with Crippen LogP contribution in [0.5, 0.6) is 0 Å². The van der Waals surface area contributed by atoms with Gasteiger partial charge in [0, 0.05) is 24.2 Å². The van der Waals surface area contributed by atoms with E-state index in [0.29, 0.717) is 24.0 Å². The largest absolute Gasteiger partial charge is 0.378 e. The summed E-state index contributed by atoms with van der Waals surface area (Å²) in [5.41, 5.74) is 7.58. The number of morpholine rings is 1. The fourth-order valence-corrected chi connectivity index (χ4v) is 3.36. The van der Waals surface area contributed by atoms with Gasteiger partial charge in [-0.15, -0.1) is 11.3 Å². The molecule has 0 spiro atoms. The number of benzene rings is 1. The Kier molecular flexibility index (Phi) is 5.79. The molecule has 0 bridgehead atoms. The number of hydrogen-bond acceptors (Lipinski definition) is 6. The number of nitrogens with zero attached hydrogens (tertiary/aromatic N) is 2. The van der Waals surface area contributed by atoms with Crippen LogP contribution in [0.25, 0.3) is 0 Å². The molecule has 1 fully saturated rings. The Bertz CT molecular complexity index is 758. The van der Waals surface area contributed by atoms with E-state index < -0.39 is 0 Å². The molecule has 1 aromatic carbocycles. The highest BCUT2D eigenvalue weighted by molar-refractivity contribution is 7.80. The highest BCUT2D eigenvalue weighted by Crippen LogP contribution is 2.21. The number of anilines is 2. The second-order valence-electron chi connectivity index (χ2n) is 5.52. The number of aryl methyl sites for hydroxylation is 1. The molecule has 25 heavy (non-hydrogen) atoms. The summed E-state index contributed by atoms with van der Waals surface area (Å²) < 4.78 is 5.32. The minimum atomic E-state index is -0.329. The van der Waals surface area contributed by atoms with Crippen LogP contribution in [0.3, 0.4) is 0 Å². The molecule has 132 valence electrons. The number of carbonyl (C=O) groups excluding carboxylic acids is 1. The van der Waals surface area contributed by atoms with Crippen LogP contribution in [-0.2, 0) is 4.74 Å². The number of ether oxygens (including phenoxy) is 1. The molecule has 3 N–H and O–H groups in total. The third-order valence-electron chi connectivity index (χ3n) is 3.57. The molecule has 0 aliphatic carbocycles. The van der Waals surface area contributed by atoms with Gasteiger partial charge in [0.1, 0.15) is 5.69 Å². The number of amides is 1. The number of hydrogen-bond donors (Lipinski definition) is 3. The Morgan fingerprint density at radius 2 is 2.12 bits per heavy atom. The van der Waals surface area contributed by atoms with E-state index in [-0.39, 0.29) is 5.91 Å². The zero-order valence-corrected chi connectivity index (χ0v) is 15.4. The SMILES string of the molecule is Cc1cccc(NC(=S)NNC(=O)c2csc(N3CCOCC3)n2)c1. The fraction of sp³-hybridized carbons (Fsp3) is 0.312. The van der Waals surface area contributed by atoms with Crippen molar-refractivity contribution in [1.82, 2.24) is 15.8 Å². The first-order valence-electron chi connectivity index (χ1n) is 7.84. The zero-order valence-electron chi connectivity index (χ0n) is 13.7. The van der Waals surface area contributed by atoms with Crippen LogP contribution in [0.1, 0.15) is 16.1 Å². The van der Waals surface area contributed by atoms with Crippen LogP contribution in [0, 0.1) is 6.92 Å². The van der Waals surface area contributed by atoms with Crippen molar-refractivity contribution in [2.24, 2.45) is 0 Å². The van der Waals surface area contributed by atoms with Gasteiger partial charge in [-0.3, -0.25) is 15.6 Å². The van der Waals surface area contributed by atoms with E-state index in [4.69, 9.17) is 17.0 Å². The lowest BCUT2D eigenvalue weighted by Crippen LogP contribution is -2.44. The topological polar surface area (TPSA) is 78.5 Å². The molecule has 1 aliphatic rings. The molecule has 9 heteroatoms. The van der Waals surface area contributed by atoms with Crippen molar-refractivity contribution in [3.63, 3.8) is 0 Å². The molecule has 2 heterocycles. The van der Waals surface area contributed by atoms with Gasteiger partial charge in [-0.25, -0.2) is 4.98 Å². The molecular formula is C16H19N5O2S2. The molecule has 3 rings (SSSR count). The summed E-state index contributed by atoms with van der Waals surface area (Å²) >= 11 is 6.62. The molecule has 1 aliphatic heterocycles. The molecule has 0 saturated carbocycles. The van der Waals surface area contributed by atoms with Gasteiger partial charge in [-0.05, 0) is 36.8 Å². The van der Waals surface area contributed by atoms with E-state index in [1.165, 1.54) is 11.3 Å². The van der Waals surface area contributed by atoms with Crippen molar-refractivity contribution in [3.8, 4) is 0 Å². The van der Waals surface area contributed by atoms with Crippen molar-refractivity contribution in [2.45, 2.75) is 6.92 Å². The minimum Gasteiger partial charge on any atom is -0.378 e. The normalized spacial score (nSPS) is 14.0. The number of carbonyl (C=O) groups is 1. The summed E-state index contributed by atoms with van der Waals surface area (Å²) in [6.07, 6.45) is 0. The summed E-state index contributed by atoms with van der Waals surface area (Å²) in [4.78, 5) is 18.7. The lowest BCUT2D eigenvalue weighted by Gasteiger charge is -2.25.